The first-order valence-corrected chi connectivity index (χ1v) is 3.36. The number of primary amides is 1. The molecule has 0 aromatic heterocycles. The van der Waals surface area contributed by atoms with Gasteiger partial charge in [0, 0.05) is 6.42 Å². The number of carboxylic acid groups (broad SMARTS) is 1. The predicted octanol–water partition coefficient (Wildman–Crippen LogP) is -1.33. The molecule has 74 valence electrons. The molecule has 0 fully saturated rings. The molecule has 1 atom stereocenters. The highest BCUT2D eigenvalue weighted by molar-refractivity contribution is 5.76. The van der Waals surface area contributed by atoms with Crippen molar-refractivity contribution in [2.24, 2.45) is 11.5 Å². The zero-order chi connectivity index (χ0) is 10.9. The van der Waals surface area contributed by atoms with Gasteiger partial charge >= 0.3 is 5.97 Å². The van der Waals surface area contributed by atoms with Crippen LogP contribution in [-0.4, -0.2) is 29.0 Å². The van der Waals surface area contributed by atoms with Gasteiger partial charge in [-0.05, 0) is 13.0 Å². The van der Waals surface area contributed by atoms with Crippen LogP contribution < -0.4 is 11.5 Å². The van der Waals surface area contributed by atoms with Gasteiger partial charge in [-0.3, -0.25) is 9.59 Å². The zero-order valence-electron chi connectivity index (χ0n) is 7.03. The fourth-order valence-electron chi connectivity index (χ4n) is 0.421. The van der Waals surface area contributed by atoms with E-state index in [2.05, 4.69) is 6.58 Å². The van der Waals surface area contributed by atoms with Gasteiger partial charge in [0.25, 0.3) is 0 Å². The van der Waals surface area contributed by atoms with Crippen LogP contribution in [0.15, 0.2) is 6.58 Å². The van der Waals surface area contributed by atoms with E-state index in [0.717, 1.165) is 0 Å². The number of carboxylic acids is 1. The maximum Gasteiger partial charge on any atom is 0.320 e. The Morgan fingerprint density at radius 2 is 1.92 bits per heavy atom. The molecule has 6 heteroatoms. The molecule has 13 heavy (non-hydrogen) atoms. The van der Waals surface area contributed by atoms with Crippen LogP contribution in [0.2, 0.25) is 0 Å². The molecule has 0 aliphatic heterocycles. The van der Waals surface area contributed by atoms with E-state index in [-0.39, 0.29) is 12.8 Å². The average molecular weight is 188 g/mol. The first kappa shape index (κ1) is 13.9. The molecule has 6 nitrogen and oxygen atoms in total. The smallest absolute Gasteiger partial charge is 0.320 e. The van der Waals surface area contributed by atoms with Crippen molar-refractivity contribution in [2.45, 2.75) is 18.9 Å². The Balaban J connectivity index is 0. The van der Waals surface area contributed by atoms with Crippen molar-refractivity contribution in [3.63, 3.8) is 0 Å². The third-order valence-corrected chi connectivity index (χ3v) is 1.02. The Kier molecular flexibility index (Phi) is 9.04. The highest BCUT2D eigenvalue weighted by Crippen LogP contribution is 1.92. The molecule has 0 spiro atoms. The SMILES string of the molecule is C=C=O.NC(=O)CC[C@H](N)C(=O)O. The highest BCUT2D eigenvalue weighted by atomic mass is 16.4. The van der Waals surface area contributed by atoms with Crippen LogP contribution in [-0.2, 0) is 14.4 Å². The summed E-state index contributed by atoms with van der Waals surface area (Å²) in [5, 5.41) is 8.22. The average Bonchev–Trinajstić information content (AvgIpc) is 2.01. The quantitative estimate of drug-likeness (QED) is 0.471. The van der Waals surface area contributed by atoms with Gasteiger partial charge in [0.05, 0.1) is 0 Å². The van der Waals surface area contributed by atoms with E-state index in [4.69, 9.17) is 21.4 Å². The van der Waals surface area contributed by atoms with Crippen molar-refractivity contribution in [3.8, 4) is 0 Å². The number of hydrogen-bond donors (Lipinski definition) is 3. The van der Waals surface area contributed by atoms with Crippen LogP contribution in [0.4, 0.5) is 0 Å². The minimum Gasteiger partial charge on any atom is -0.480 e. The molecule has 0 rings (SSSR count). The van der Waals surface area contributed by atoms with E-state index < -0.39 is 17.9 Å². The number of nitrogens with two attached hydrogens (primary N) is 2. The molecular weight excluding hydrogens is 176 g/mol. The zero-order valence-corrected chi connectivity index (χ0v) is 7.03. The van der Waals surface area contributed by atoms with Gasteiger partial charge in [0.2, 0.25) is 5.91 Å². The molecule has 0 bridgehead atoms. The summed E-state index contributed by atoms with van der Waals surface area (Å²) in [6.07, 6.45) is 0.123. The van der Waals surface area contributed by atoms with Crippen LogP contribution in [0.3, 0.4) is 0 Å². The minimum atomic E-state index is -1.11. The van der Waals surface area contributed by atoms with E-state index in [9.17, 15) is 9.59 Å². The third kappa shape index (κ3) is 13.4. The topological polar surface area (TPSA) is 123 Å². The van der Waals surface area contributed by atoms with Crippen LogP contribution in [0.25, 0.3) is 0 Å². The van der Waals surface area contributed by atoms with Crippen molar-refractivity contribution in [1.29, 1.82) is 0 Å². The number of aliphatic carboxylic acids is 1. The monoisotopic (exact) mass is 188 g/mol. The molecule has 0 saturated heterocycles. The van der Waals surface area contributed by atoms with Crippen molar-refractivity contribution >= 4 is 17.8 Å². The van der Waals surface area contributed by atoms with Crippen molar-refractivity contribution < 1.29 is 19.5 Å². The van der Waals surface area contributed by atoms with E-state index in [1.165, 1.54) is 5.94 Å². The fourth-order valence-corrected chi connectivity index (χ4v) is 0.421. The summed E-state index contributed by atoms with van der Waals surface area (Å²) < 4.78 is 0. The Morgan fingerprint density at radius 3 is 2.15 bits per heavy atom. The first-order valence-electron chi connectivity index (χ1n) is 3.36. The Hall–Kier alpha value is -1.65. The summed E-state index contributed by atoms with van der Waals surface area (Å²) in [5.74, 6) is -0.391. The summed E-state index contributed by atoms with van der Waals surface area (Å²) in [6, 6.07) is -0.979. The van der Waals surface area contributed by atoms with E-state index in [1.807, 2.05) is 0 Å². The molecule has 0 aliphatic rings. The van der Waals surface area contributed by atoms with Crippen LogP contribution in [0.1, 0.15) is 12.8 Å². The minimum absolute atomic E-state index is 0.0213. The number of carbonyl (C=O) groups is 2. The van der Waals surface area contributed by atoms with Crippen molar-refractivity contribution in [3.05, 3.63) is 6.58 Å². The van der Waals surface area contributed by atoms with Gasteiger partial charge in [-0.1, -0.05) is 0 Å². The molecule has 0 radical (unpaired) electrons. The fraction of sp³-hybridized carbons (Fsp3) is 0.429. The summed E-state index contributed by atoms with van der Waals surface area (Å²) in [7, 11) is 0. The lowest BCUT2D eigenvalue weighted by molar-refractivity contribution is -0.138. The summed E-state index contributed by atoms with van der Waals surface area (Å²) >= 11 is 0. The Labute approximate surface area is 75.2 Å². The third-order valence-electron chi connectivity index (χ3n) is 1.02. The van der Waals surface area contributed by atoms with Crippen molar-refractivity contribution in [2.75, 3.05) is 0 Å². The van der Waals surface area contributed by atoms with E-state index >= 15 is 0 Å². The van der Waals surface area contributed by atoms with Gasteiger partial charge in [0.1, 0.15) is 12.0 Å². The largest absolute Gasteiger partial charge is 0.480 e. The maximum atomic E-state index is 10.1. The Morgan fingerprint density at radius 1 is 1.54 bits per heavy atom. The van der Waals surface area contributed by atoms with Gasteiger partial charge < -0.3 is 16.6 Å². The molecule has 5 N–H and O–H groups in total. The second-order valence-corrected chi connectivity index (χ2v) is 2.09. The second-order valence-electron chi connectivity index (χ2n) is 2.09. The molecule has 0 saturated carbocycles. The lowest BCUT2D eigenvalue weighted by atomic mass is 10.2. The van der Waals surface area contributed by atoms with Crippen LogP contribution in [0, 0.1) is 0 Å². The molecule has 0 unspecified atom stereocenters. The van der Waals surface area contributed by atoms with Gasteiger partial charge in [-0.2, -0.15) is 0 Å². The van der Waals surface area contributed by atoms with E-state index in [0.29, 0.717) is 0 Å². The van der Waals surface area contributed by atoms with Gasteiger partial charge in [-0.25, -0.2) is 4.79 Å². The maximum absolute atomic E-state index is 10.1. The lowest BCUT2D eigenvalue weighted by Crippen LogP contribution is -2.31. The standard InChI is InChI=1S/C5H10N2O3.C2H2O/c6-3(5(9)10)1-2-4(7)8;1-2-3/h3H,1-2,6H2,(H2,7,8)(H,9,10);1H2/t3-;/m0./s1. The van der Waals surface area contributed by atoms with Crippen LogP contribution >= 0.6 is 0 Å². The summed E-state index contributed by atoms with van der Waals surface area (Å²) in [6.45, 7) is 2.68. The van der Waals surface area contributed by atoms with E-state index in [1.54, 1.807) is 0 Å². The molecule has 0 aromatic carbocycles. The number of rotatable bonds is 4. The number of amides is 1. The van der Waals surface area contributed by atoms with Crippen molar-refractivity contribution in [1.82, 2.24) is 0 Å². The van der Waals surface area contributed by atoms with Crippen LogP contribution in [0.5, 0.6) is 0 Å². The molecule has 0 heterocycles. The number of hydrogen-bond acceptors (Lipinski definition) is 4. The molecule has 1 amide bonds. The summed E-state index contributed by atoms with van der Waals surface area (Å²) in [5.41, 5.74) is 9.81. The predicted molar refractivity (Wildman–Crippen MR) is 45.4 cm³/mol. The first-order chi connectivity index (χ1) is 5.95. The second kappa shape index (κ2) is 8.45. The molecule has 0 aliphatic carbocycles. The molecule has 0 aromatic rings. The number of carbonyl (C=O) groups excluding carboxylic acids is 2. The molecular formula is C7H12N2O4. The summed E-state index contributed by atoms with van der Waals surface area (Å²) in [4.78, 5) is 28.7. The van der Waals surface area contributed by atoms with Gasteiger partial charge in [-0.15, -0.1) is 0 Å². The normalized spacial score (nSPS) is 10.2. The lowest BCUT2D eigenvalue weighted by Gasteiger charge is -2.01. The van der Waals surface area contributed by atoms with Gasteiger partial charge in [0.15, 0.2) is 0 Å². The Bertz CT molecular complexity index is 209. The highest BCUT2D eigenvalue weighted by Gasteiger charge is 2.11.